The first-order chi connectivity index (χ1) is 15.9. The topological polar surface area (TPSA) is 97.8 Å². The summed E-state index contributed by atoms with van der Waals surface area (Å²) in [5, 5.41) is 9.21. The van der Waals surface area contributed by atoms with Gasteiger partial charge < -0.3 is 19.3 Å². The van der Waals surface area contributed by atoms with Gasteiger partial charge >= 0.3 is 6.09 Å². The number of nitrogens with one attached hydrogen (secondary N) is 1. The molecule has 1 aromatic carbocycles. The zero-order valence-electron chi connectivity index (χ0n) is 20.2. The summed E-state index contributed by atoms with van der Waals surface area (Å²) in [6.07, 6.45) is -0.311. The lowest BCUT2D eigenvalue weighted by Crippen LogP contribution is -2.49. The van der Waals surface area contributed by atoms with Crippen LogP contribution in [0.2, 0.25) is 0 Å². The third-order valence-corrected chi connectivity index (χ3v) is 8.55. The van der Waals surface area contributed by atoms with Gasteiger partial charge in [0, 0.05) is 47.9 Å². The molecule has 0 bridgehead atoms. The zero-order valence-corrected chi connectivity index (χ0v) is 21.0. The van der Waals surface area contributed by atoms with Gasteiger partial charge in [0.1, 0.15) is 16.7 Å². The lowest BCUT2D eigenvalue weighted by molar-refractivity contribution is 0.139. The molecule has 2 fully saturated rings. The van der Waals surface area contributed by atoms with Gasteiger partial charge in [0.25, 0.3) is 0 Å². The van der Waals surface area contributed by atoms with E-state index in [9.17, 15) is 18.8 Å². The van der Waals surface area contributed by atoms with Crippen LogP contribution in [0.15, 0.2) is 36.4 Å². The number of carboxylic acid groups (broad SMARTS) is 1. The number of likely N-dealkylation sites (tertiary alicyclic amines) is 1. The quantitative estimate of drug-likeness (QED) is 0.554. The Morgan fingerprint density at radius 1 is 1.24 bits per heavy atom. The molecule has 9 heteroatoms. The van der Waals surface area contributed by atoms with Crippen molar-refractivity contribution in [2.24, 2.45) is 11.8 Å². The van der Waals surface area contributed by atoms with E-state index in [-0.39, 0.29) is 23.8 Å². The lowest BCUT2D eigenvalue weighted by Gasteiger charge is -2.35. The van der Waals surface area contributed by atoms with Gasteiger partial charge in [0.15, 0.2) is 0 Å². The van der Waals surface area contributed by atoms with E-state index in [4.69, 9.17) is 9.72 Å². The third-order valence-electron chi connectivity index (χ3n) is 6.80. The van der Waals surface area contributed by atoms with Crippen molar-refractivity contribution in [3.8, 4) is 17.1 Å². The van der Waals surface area contributed by atoms with Crippen molar-refractivity contribution in [3.05, 3.63) is 47.8 Å². The normalized spacial score (nSPS) is 24.3. The van der Waals surface area contributed by atoms with E-state index in [0.29, 0.717) is 31.1 Å². The molecule has 0 radical (unpaired) electrons. The van der Waals surface area contributed by atoms with Crippen LogP contribution >= 0.6 is 0 Å². The van der Waals surface area contributed by atoms with Crippen LogP contribution in [-0.4, -0.2) is 49.6 Å². The Morgan fingerprint density at radius 2 is 1.85 bits per heavy atom. The number of piperidine rings is 1. The van der Waals surface area contributed by atoms with Crippen LogP contribution in [0.3, 0.4) is 0 Å². The second-order valence-electron chi connectivity index (χ2n) is 10.4. The number of fused-ring (bicyclic) bond motifs is 1. The largest absolute Gasteiger partial charge is 0.598 e. The maximum absolute atomic E-state index is 13.5. The molecule has 3 unspecified atom stereocenters. The maximum Gasteiger partial charge on any atom is 0.407 e. The Kier molecular flexibility index (Phi) is 6.56. The average Bonchev–Trinajstić information content (AvgIpc) is 3.20. The molecule has 34 heavy (non-hydrogen) atoms. The molecule has 1 amide bonds. The Bertz CT molecular complexity index is 1050. The van der Waals surface area contributed by atoms with Crippen LogP contribution < -0.4 is 9.46 Å². The number of nitrogens with zero attached hydrogens (tertiary/aromatic N) is 2. The molecule has 1 saturated carbocycles. The molecule has 1 aliphatic carbocycles. The van der Waals surface area contributed by atoms with Gasteiger partial charge in [-0.3, -0.25) is 0 Å². The van der Waals surface area contributed by atoms with Gasteiger partial charge in [0.2, 0.25) is 5.88 Å². The van der Waals surface area contributed by atoms with Crippen molar-refractivity contribution in [2.45, 2.75) is 57.4 Å². The summed E-state index contributed by atoms with van der Waals surface area (Å²) >= 11 is -1.30. The van der Waals surface area contributed by atoms with E-state index in [2.05, 4.69) is 4.72 Å². The minimum atomic E-state index is -1.30. The minimum absolute atomic E-state index is 0.0797. The van der Waals surface area contributed by atoms with E-state index in [1.807, 2.05) is 46.8 Å². The highest BCUT2D eigenvalue weighted by Gasteiger charge is 2.59. The number of hydrogen-bond donors (Lipinski definition) is 2. The Labute approximate surface area is 203 Å². The molecule has 1 saturated heterocycles. The fourth-order valence-corrected chi connectivity index (χ4v) is 5.27. The number of ether oxygens (including phenoxy) is 1. The SMILES string of the molecule is CCC(C)(N[S+]([O-])C(C)(C)C)c1cc(OC2[C@H]3CN(C(=O)O)C[C@@H]23)nc(-c2ccc(F)cc2)c1. The van der Waals surface area contributed by atoms with Crippen molar-refractivity contribution < 1.29 is 23.6 Å². The second kappa shape index (κ2) is 9.02. The Morgan fingerprint density at radius 3 is 2.38 bits per heavy atom. The van der Waals surface area contributed by atoms with Gasteiger partial charge in [-0.1, -0.05) is 6.92 Å². The van der Waals surface area contributed by atoms with Crippen molar-refractivity contribution >= 4 is 17.5 Å². The van der Waals surface area contributed by atoms with Gasteiger partial charge in [-0.05, 0) is 70.0 Å². The molecule has 1 aromatic heterocycles. The van der Waals surface area contributed by atoms with E-state index in [0.717, 1.165) is 11.1 Å². The molecule has 184 valence electrons. The number of pyridine rings is 1. The van der Waals surface area contributed by atoms with Crippen LogP contribution in [0, 0.1) is 17.7 Å². The fourth-order valence-electron chi connectivity index (χ4n) is 4.29. The van der Waals surface area contributed by atoms with Crippen LogP contribution in [0.1, 0.15) is 46.6 Å². The van der Waals surface area contributed by atoms with E-state index in [1.54, 1.807) is 12.1 Å². The van der Waals surface area contributed by atoms with E-state index >= 15 is 0 Å². The summed E-state index contributed by atoms with van der Waals surface area (Å²) in [6, 6.07) is 9.92. The number of aromatic nitrogens is 1. The monoisotopic (exact) mass is 489 g/mol. The molecule has 7 nitrogen and oxygen atoms in total. The summed E-state index contributed by atoms with van der Waals surface area (Å²) < 4.78 is 35.6. The molecule has 0 spiro atoms. The first-order valence-electron chi connectivity index (χ1n) is 11.5. The van der Waals surface area contributed by atoms with Gasteiger partial charge in [-0.15, -0.1) is 4.72 Å². The Hall–Kier alpha value is -2.36. The van der Waals surface area contributed by atoms with Crippen LogP contribution in [0.4, 0.5) is 9.18 Å². The highest BCUT2D eigenvalue weighted by atomic mass is 32.2. The number of rotatable bonds is 7. The molecule has 2 aromatic rings. The predicted molar refractivity (Wildman–Crippen MR) is 129 cm³/mol. The average molecular weight is 490 g/mol. The van der Waals surface area contributed by atoms with Crippen LogP contribution in [0.5, 0.6) is 5.88 Å². The summed E-state index contributed by atoms with van der Waals surface area (Å²) in [5.41, 5.74) is 1.63. The lowest BCUT2D eigenvalue weighted by atomic mass is 9.90. The highest BCUT2D eigenvalue weighted by molar-refractivity contribution is 7.90. The van der Waals surface area contributed by atoms with Crippen molar-refractivity contribution in [2.75, 3.05) is 13.1 Å². The molecular weight excluding hydrogens is 457 g/mol. The van der Waals surface area contributed by atoms with Crippen molar-refractivity contribution in [1.29, 1.82) is 0 Å². The number of halogens is 1. The molecule has 2 aliphatic rings. The van der Waals surface area contributed by atoms with Crippen molar-refractivity contribution in [3.63, 3.8) is 0 Å². The van der Waals surface area contributed by atoms with Crippen molar-refractivity contribution in [1.82, 2.24) is 14.6 Å². The summed E-state index contributed by atoms with van der Waals surface area (Å²) in [6.45, 7) is 10.7. The molecule has 4 rings (SSSR count). The number of hydrogen-bond acceptors (Lipinski definition) is 5. The molecule has 5 atom stereocenters. The van der Waals surface area contributed by atoms with Gasteiger partial charge in [-0.2, -0.15) is 0 Å². The first kappa shape index (κ1) is 24.8. The Balaban J connectivity index is 1.65. The summed E-state index contributed by atoms with van der Waals surface area (Å²) in [7, 11) is 0. The standard InChI is InChI=1S/C25H32FN3O4S/c1-6-25(5,28-34(32)24(2,3)4)16-11-20(15-7-9-17(26)10-8-15)27-21(12-16)33-22-18-13-29(23(30)31)14-19(18)22/h7-12,18-19,22,28H,6,13-14H2,1-5H3,(H,30,31)/t18-,19+,22?,25?,34?. The number of amides is 1. The first-order valence-corrected chi connectivity index (χ1v) is 12.7. The highest BCUT2D eigenvalue weighted by Crippen LogP contribution is 2.48. The van der Waals surface area contributed by atoms with Crippen LogP contribution in [-0.2, 0) is 16.9 Å². The van der Waals surface area contributed by atoms with Gasteiger partial charge in [0.05, 0.1) is 11.2 Å². The molecule has 1 aliphatic heterocycles. The molecule has 2 heterocycles. The number of carbonyl (C=O) groups is 1. The van der Waals surface area contributed by atoms with Gasteiger partial charge in [-0.25, -0.2) is 14.2 Å². The predicted octanol–water partition coefficient (Wildman–Crippen LogP) is 4.55. The smallest absolute Gasteiger partial charge is 0.407 e. The fraction of sp³-hybridized carbons (Fsp3) is 0.520. The zero-order chi connectivity index (χ0) is 24.8. The van der Waals surface area contributed by atoms with E-state index in [1.165, 1.54) is 17.0 Å². The van der Waals surface area contributed by atoms with Crippen LogP contribution in [0.25, 0.3) is 11.3 Å². The third kappa shape index (κ3) is 5.01. The minimum Gasteiger partial charge on any atom is -0.598 e. The summed E-state index contributed by atoms with van der Waals surface area (Å²) in [4.78, 5) is 17.3. The number of benzene rings is 1. The second-order valence-corrected chi connectivity index (χ2v) is 12.3. The molecular formula is C25H32FN3O4S. The van der Waals surface area contributed by atoms with E-state index < -0.39 is 27.7 Å². The molecule has 2 N–H and O–H groups in total. The summed E-state index contributed by atoms with van der Waals surface area (Å²) in [5.74, 6) is 0.437. The maximum atomic E-state index is 13.5.